The van der Waals surface area contributed by atoms with E-state index in [1.165, 1.54) is 25.7 Å². The molecule has 0 aromatic carbocycles. The number of amides is 1. The zero-order chi connectivity index (χ0) is 18.6. The summed E-state index contributed by atoms with van der Waals surface area (Å²) in [6.07, 6.45) is 8.93. The molecule has 8 nitrogen and oxygen atoms in total. The molecule has 1 aliphatic carbocycles. The Bertz CT molecular complexity index is 692. The normalized spacial score (nSPS) is 23.5. The van der Waals surface area contributed by atoms with E-state index < -0.39 is 0 Å². The van der Waals surface area contributed by atoms with Crippen LogP contribution in [0.2, 0.25) is 0 Å². The number of aliphatic imine (C=N–C) groups is 1. The second kappa shape index (κ2) is 8.27. The van der Waals surface area contributed by atoms with E-state index in [2.05, 4.69) is 30.4 Å². The average Bonchev–Trinajstić information content (AvgIpc) is 3.45. The molecule has 0 bridgehead atoms. The molecule has 2 fully saturated rings. The summed E-state index contributed by atoms with van der Waals surface area (Å²) in [7, 11) is 1.78. The maximum absolute atomic E-state index is 12.6. The molecule has 3 heterocycles. The van der Waals surface area contributed by atoms with Gasteiger partial charge in [-0.3, -0.25) is 9.79 Å². The fraction of sp³-hybridized carbons (Fsp3) is 0.789. The number of carbonyl (C=O) groups excluding carboxylic acids is 1. The van der Waals surface area contributed by atoms with Gasteiger partial charge in [0.15, 0.2) is 11.8 Å². The van der Waals surface area contributed by atoms with Gasteiger partial charge >= 0.3 is 0 Å². The van der Waals surface area contributed by atoms with Gasteiger partial charge in [-0.25, -0.2) is 0 Å². The summed E-state index contributed by atoms with van der Waals surface area (Å²) in [5.41, 5.74) is 0. The van der Waals surface area contributed by atoms with Crippen molar-refractivity contribution in [2.45, 2.75) is 70.5 Å². The number of nitrogens with one attached hydrogen (secondary N) is 2. The Hall–Kier alpha value is -2.12. The minimum Gasteiger partial charge on any atom is -0.352 e. The number of aryl methyl sites for hydroxylation is 1. The van der Waals surface area contributed by atoms with Crippen LogP contribution in [0, 0.1) is 5.92 Å². The van der Waals surface area contributed by atoms with Crippen molar-refractivity contribution in [3.63, 3.8) is 0 Å². The Morgan fingerprint density at radius 1 is 1.15 bits per heavy atom. The van der Waals surface area contributed by atoms with Crippen LogP contribution in [0.5, 0.6) is 0 Å². The van der Waals surface area contributed by atoms with E-state index in [-0.39, 0.29) is 12.0 Å². The molecular formula is C19H31N7O. The van der Waals surface area contributed by atoms with Crippen LogP contribution in [0.3, 0.4) is 0 Å². The Labute approximate surface area is 160 Å². The second-order valence-corrected chi connectivity index (χ2v) is 7.96. The van der Waals surface area contributed by atoms with Gasteiger partial charge in [0.25, 0.3) is 0 Å². The molecule has 27 heavy (non-hydrogen) atoms. The van der Waals surface area contributed by atoms with E-state index in [9.17, 15) is 4.79 Å². The van der Waals surface area contributed by atoms with Gasteiger partial charge in [-0.15, -0.1) is 10.2 Å². The highest BCUT2D eigenvalue weighted by Crippen LogP contribution is 2.27. The lowest BCUT2D eigenvalue weighted by Gasteiger charge is -2.21. The molecule has 1 saturated heterocycles. The van der Waals surface area contributed by atoms with Crippen LogP contribution in [0.15, 0.2) is 4.99 Å². The highest BCUT2D eigenvalue weighted by atomic mass is 16.2. The molecule has 1 amide bonds. The molecule has 1 atom stereocenters. The van der Waals surface area contributed by atoms with Gasteiger partial charge in [-0.2, -0.15) is 0 Å². The average molecular weight is 374 g/mol. The molecular weight excluding hydrogens is 342 g/mol. The van der Waals surface area contributed by atoms with Crippen molar-refractivity contribution in [2.75, 3.05) is 20.1 Å². The van der Waals surface area contributed by atoms with Crippen LogP contribution < -0.4 is 10.6 Å². The third-order valence-corrected chi connectivity index (χ3v) is 6.12. The Kier molecular flexibility index (Phi) is 5.59. The van der Waals surface area contributed by atoms with Crippen LogP contribution in [0.4, 0.5) is 0 Å². The molecule has 0 spiro atoms. The number of nitrogens with zero attached hydrogens (tertiary/aromatic N) is 5. The number of guanidine groups is 1. The molecule has 1 unspecified atom stereocenters. The predicted octanol–water partition coefficient (Wildman–Crippen LogP) is 1.07. The van der Waals surface area contributed by atoms with Crippen molar-refractivity contribution < 1.29 is 4.79 Å². The lowest BCUT2D eigenvalue weighted by atomic mass is 10.1. The van der Waals surface area contributed by atoms with E-state index >= 15 is 0 Å². The number of rotatable bonds is 4. The molecule has 4 rings (SSSR count). The first-order valence-electron chi connectivity index (χ1n) is 10.4. The minimum absolute atomic E-state index is 0.258. The minimum atomic E-state index is 0.258. The third-order valence-electron chi connectivity index (χ3n) is 6.12. The molecule has 148 valence electrons. The lowest BCUT2D eigenvalue weighted by Crippen LogP contribution is -2.45. The molecule has 0 radical (unpaired) electrons. The quantitative estimate of drug-likeness (QED) is 0.609. The van der Waals surface area contributed by atoms with Crippen LogP contribution in [0.1, 0.15) is 56.6 Å². The van der Waals surface area contributed by atoms with Gasteiger partial charge in [0.05, 0.1) is 6.54 Å². The van der Waals surface area contributed by atoms with Crippen LogP contribution in [0.25, 0.3) is 0 Å². The maximum atomic E-state index is 12.6. The lowest BCUT2D eigenvalue weighted by molar-refractivity contribution is -0.134. The molecule has 8 heteroatoms. The fourth-order valence-electron chi connectivity index (χ4n) is 4.56. The van der Waals surface area contributed by atoms with Crippen LogP contribution >= 0.6 is 0 Å². The zero-order valence-corrected chi connectivity index (χ0v) is 16.3. The number of aromatic nitrogens is 3. The number of fused-ring (bicyclic) bond motifs is 1. The zero-order valence-electron chi connectivity index (χ0n) is 16.3. The first-order chi connectivity index (χ1) is 13.2. The molecule has 3 aliphatic rings. The fourth-order valence-corrected chi connectivity index (χ4v) is 4.56. The number of hydrogen-bond donors (Lipinski definition) is 2. The monoisotopic (exact) mass is 373 g/mol. The topological polar surface area (TPSA) is 87.4 Å². The third kappa shape index (κ3) is 4.09. The van der Waals surface area contributed by atoms with Crippen molar-refractivity contribution >= 4 is 11.9 Å². The highest BCUT2D eigenvalue weighted by Gasteiger charge is 2.32. The Balaban J connectivity index is 1.27. The van der Waals surface area contributed by atoms with Gasteiger partial charge < -0.3 is 20.1 Å². The van der Waals surface area contributed by atoms with Gasteiger partial charge in [-0.05, 0) is 32.1 Å². The van der Waals surface area contributed by atoms with E-state index in [4.69, 9.17) is 0 Å². The van der Waals surface area contributed by atoms with Gasteiger partial charge in [0.1, 0.15) is 5.82 Å². The van der Waals surface area contributed by atoms with E-state index in [1.54, 1.807) is 7.05 Å². The van der Waals surface area contributed by atoms with Gasteiger partial charge in [0, 0.05) is 45.1 Å². The summed E-state index contributed by atoms with van der Waals surface area (Å²) >= 11 is 0. The first kappa shape index (κ1) is 18.3. The molecule has 1 saturated carbocycles. The number of hydrogen-bond acceptors (Lipinski definition) is 4. The first-order valence-corrected chi connectivity index (χ1v) is 10.4. The summed E-state index contributed by atoms with van der Waals surface area (Å²) in [4.78, 5) is 19.0. The number of likely N-dealkylation sites (tertiary alicyclic amines) is 1. The van der Waals surface area contributed by atoms with Gasteiger partial charge in [-0.1, -0.05) is 12.8 Å². The summed E-state index contributed by atoms with van der Waals surface area (Å²) in [6.45, 7) is 3.24. The van der Waals surface area contributed by atoms with Crippen molar-refractivity contribution in [1.82, 2.24) is 30.3 Å². The predicted molar refractivity (Wildman–Crippen MR) is 103 cm³/mol. The standard InChI is InChI=1S/C19H31N7O/c1-20-19(21-12-17-24-23-16-8-4-5-10-26(16)17)22-15-9-11-25(13-15)18(27)14-6-2-3-7-14/h14-15H,2-13H2,1H3,(H2,20,21,22). The SMILES string of the molecule is CN=C(NCc1nnc2n1CCCC2)NC1CCN(C(=O)C2CCCC2)C1. The highest BCUT2D eigenvalue weighted by molar-refractivity contribution is 5.81. The van der Waals surface area contributed by atoms with Crippen LogP contribution in [-0.4, -0.2) is 57.7 Å². The van der Waals surface area contributed by atoms with Crippen molar-refractivity contribution in [3.05, 3.63) is 11.6 Å². The maximum Gasteiger partial charge on any atom is 0.225 e. The van der Waals surface area contributed by atoms with Crippen molar-refractivity contribution in [1.29, 1.82) is 0 Å². The molecule has 2 aliphatic heterocycles. The molecule has 2 N–H and O–H groups in total. The van der Waals surface area contributed by atoms with E-state index in [0.717, 1.165) is 62.9 Å². The largest absolute Gasteiger partial charge is 0.352 e. The summed E-state index contributed by atoms with van der Waals surface area (Å²) in [6, 6.07) is 0.258. The smallest absolute Gasteiger partial charge is 0.225 e. The summed E-state index contributed by atoms with van der Waals surface area (Å²) < 4.78 is 2.22. The van der Waals surface area contributed by atoms with Crippen molar-refractivity contribution in [2.24, 2.45) is 10.9 Å². The molecule has 1 aromatic rings. The van der Waals surface area contributed by atoms with Crippen molar-refractivity contribution in [3.8, 4) is 0 Å². The Morgan fingerprint density at radius 3 is 2.81 bits per heavy atom. The van der Waals surface area contributed by atoms with E-state index in [0.29, 0.717) is 12.5 Å². The number of carbonyl (C=O) groups is 1. The summed E-state index contributed by atoms with van der Waals surface area (Å²) in [5.74, 6) is 3.45. The second-order valence-electron chi connectivity index (χ2n) is 7.96. The van der Waals surface area contributed by atoms with Gasteiger partial charge in [0.2, 0.25) is 5.91 Å². The molecule has 1 aromatic heterocycles. The van der Waals surface area contributed by atoms with E-state index in [1.807, 2.05) is 4.90 Å². The Morgan fingerprint density at radius 2 is 2.00 bits per heavy atom. The van der Waals surface area contributed by atoms with Crippen LogP contribution in [-0.2, 0) is 24.3 Å². The summed E-state index contributed by atoms with van der Waals surface area (Å²) in [5, 5.41) is 15.5.